The predicted molar refractivity (Wildman–Crippen MR) is 65.0 cm³/mol. The first-order valence-electron chi connectivity index (χ1n) is 5.73. The minimum atomic E-state index is -1.36. The number of carboxylic acids is 1. The van der Waals surface area contributed by atoms with Crippen LogP contribution in [0.2, 0.25) is 0 Å². The number of rotatable bonds is 5. The summed E-state index contributed by atoms with van der Waals surface area (Å²) in [5.41, 5.74) is 5.63. The Morgan fingerprint density at radius 1 is 1.56 bits per heavy atom. The van der Waals surface area contributed by atoms with Crippen molar-refractivity contribution in [2.75, 3.05) is 17.6 Å². The number of aliphatic hydroxyl groups excluding tert-OH is 1. The van der Waals surface area contributed by atoms with Crippen molar-refractivity contribution in [2.24, 2.45) is 5.92 Å². The first-order chi connectivity index (χ1) is 8.49. The fourth-order valence-corrected chi connectivity index (χ4v) is 1.77. The molecule has 2 rings (SSSR count). The lowest BCUT2D eigenvalue weighted by atomic mass is 10.1. The SMILES string of the molecule is Nc1cc(C(=O)O)c(F)cc1NCC(O)C1CC1. The van der Waals surface area contributed by atoms with Gasteiger partial charge in [0, 0.05) is 6.54 Å². The number of carboxylic acid groups (broad SMARTS) is 1. The topological polar surface area (TPSA) is 95.6 Å². The van der Waals surface area contributed by atoms with Crippen molar-refractivity contribution in [1.82, 2.24) is 0 Å². The van der Waals surface area contributed by atoms with Crippen LogP contribution in [0.4, 0.5) is 15.8 Å². The highest BCUT2D eigenvalue weighted by atomic mass is 19.1. The largest absolute Gasteiger partial charge is 0.478 e. The van der Waals surface area contributed by atoms with Crippen LogP contribution in [0.15, 0.2) is 12.1 Å². The number of aliphatic hydroxyl groups is 1. The van der Waals surface area contributed by atoms with Gasteiger partial charge in [0.25, 0.3) is 0 Å². The maximum atomic E-state index is 13.4. The second-order valence-corrected chi connectivity index (χ2v) is 4.51. The van der Waals surface area contributed by atoms with Gasteiger partial charge in [-0.25, -0.2) is 9.18 Å². The summed E-state index contributed by atoms with van der Waals surface area (Å²) in [5.74, 6) is -1.90. The molecule has 1 unspecified atom stereocenters. The number of anilines is 2. The van der Waals surface area contributed by atoms with Crippen LogP contribution < -0.4 is 11.1 Å². The Labute approximate surface area is 103 Å². The molecule has 1 aromatic rings. The van der Waals surface area contributed by atoms with E-state index in [4.69, 9.17) is 10.8 Å². The molecule has 0 spiro atoms. The third-order valence-electron chi connectivity index (χ3n) is 3.04. The highest BCUT2D eigenvalue weighted by molar-refractivity contribution is 5.90. The van der Waals surface area contributed by atoms with Crippen molar-refractivity contribution in [3.05, 3.63) is 23.5 Å². The summed E-state index contributed by atoms with van der Waals surface area (Å²) in [6, 6.07) is 2.11. The molecule has 1 aromatic carbocycles. The van der Waals surface area contributed by atoms with Crippen LogP contribution in [0, 0.1) is 11.7 Å². The molecule has 0 aliphatic heterocycles. The molecule has 1 aliphatic rings. The minimum absolute atomic E-state index is 0.150. The summed E-state index contributed by atoms with van der Waals surface area (Å²) >= 11 is 0. The summed E-state index contributed by atoms with van der Waals surface area (Å²) in [6.07, 6.45) is 1.53. The smallest absolute Gasteiger partial charge is 0.338 e. The standard InChI is InChI=1S/C12H15FN2O3/c13-8-4-10(9(14)3-7(8)12(17)18)15-5-11(16)6-1-2-6/h3-4,6,11,15-16H,1-2,5,14H2,(H,17,18). The molecule has 1 fully saturated rings. The lowest BCUT2D eigenvalue weighted by molar-refractivity contribution is 0.0692. The molecule has 5 nitrogen and oxygen atoms in total. The number of benzene rings is 1. The molecule has 0 radical (unpaired) electrons. The Balaban J connectivity index is 2.08. The van der Waals surface area contributed by atoms with Crippen molar-refractivity contribution in [1.29, 1.82) is 0 Å². The first-order valence-corrected chi connectivity index (χ1v) is 5.73. The summed E-state index contributed by atoms with van der Waals surface area (Å²) in [4.78, 5) is 10.7. The average molecular weight is 254 g/mol. The maximum absolute atomic E-state index is 13.4. The van der Waals surface area contributed by atoms with Crippen molar-refractivity contribution in [3.8, 4) is 0 Å². The summed E-state index contributed by atoms with van der Waals surface area (Å²) in [6.45, 7) is 0.278. The number of nitrogens with two attached hydrogens (primary N) is 1. The van der Waals surface area contributed by atoms with Crippen LogP contribution in [-0.4, -0.2) is 28.8 Å². The number of nitrogen functional groups attached to an aromatic ring is 1. The average Bonchev–Trinajstić information content (AvgIpc) is 3.12. The molecular formula is C12H15FN2O3. The monoisotopic (exact) mass is 254 g/mol. The maximum Gasteiger partial charge on any atom is 0.338 e. The lowest BCUT2D eigenvalue weighted by Crippen LogP contribution is -2.22. The molecular weight excluding hydrogens is 239 g/mol. The molecule has 1 aliphatic carbocycles. The normalized spacial score (nSPS) is 16.3. The zero-order chi connectivity index (χ0) is 13.3. The Morgan fingerprint density at radius 2 is 2.22 bits per heavy atom. The zero-order valence-electron chi connectivity index (χ0n) is 9.69. The molecule has 6 heteroatoms. The van der Waals surface area contributed by atoms with Gasteiger partial charge >= 0.3 is 5.97 Å². The first kappa shape index (κ1) is 12.6. The van der Waals surface area contributed by atoms with Gasteiger partial charge in [0.15, 0.2) is 0 Å². The quantitative estimate of drug-likeness (QED) is 0.594. The van der Waals surface area contributed by atoms with E-state index in [1.165, 1.54) is 0 Å². The highest BCUT2D eigenvalue weighted by Gasteiger charge is 2.29. The van der Waals surface area contributed by atoms with Crippen molar-refractivity contribution < 1.29 is 19.4 Å². The molecule has 0 heterocycles. The Bertz CT molecular complexity index is 475. The number of carbonyl (C=O) groups is 1. The molecule has 0 aromatic heterocycles. The zero-order valence-corrected chi connectivity index (χ0v) is 9.69. The van der Waals surface area contributed by atoms with Gasteiger partial charge in [0.2, 0.25) is 0 Å². The fraction of sp³-hybridized carbons (Fsp3) is 0.417. The molecule has 0 bridgehead atoms. The van der Waals surface area contributed by atoms with Crippen LogP contribution in [-0.2, 0) is 0 Å². The van der Waals surface area contributed by atoms with E-state index >= 15 is 0 Å². The third-order valence-corrected chi connectivity index (χ3v) is 3.04. The Morgan fingerprint density at radius 3 is 2.78 bits per heavy atom. The van der Waals surface area contributed by atoms with E-state index < -0.39 is 23.5 Å². The van der Waals surface area contributed by atoms with Gasteiger partial charge in [0.1, 0.15) is 5.82 Å². The molecule has 0 amide bonds. The van der Waals surface area contributed by atoms with Gasteiger partial charge in [-0.2, -0.15) is 0 Å². The fourth-order valence-electron chi connectivity index (χ4n) is 1.77. The number of nitrogens with one attached hydrogen (secondary N) is 1. The summed E-state index contributed by atoms with van der Waals surface area (Å²) in [5, 5.41) is 21.2. The van der Waals surface area contributed by atoms with E-state index in [2.05, 4.69) is 5.32 Å². The van der Waals surface area contributed by atoms with Gasteiger partial charge in [-0.05, 0) is 30.9 Å². The molecule has 1 saturated carbocycles. The number of hydrogen-bond donors (Lipinski definition) is 4. The summed E-state index contributed by atoms with van der Waals surface area (Å²) < 4.78 is 13.4. The van der Waals surface area contributed by atoms with Gasteiger partial charge in [-0.3, -0.25) is 0 Å². The molecule has 1 atom stereocenters. The number of aromatic carboxylic acids is 1. The van der Waals surface area contributed by atoms with Gasteiger partial charge in [-0.1, -0.05) is 0 Å². The van der Waals surface area contributed by atoms with E-state index in [-0.39, 0.29) is 12.2 Å². The van der Waals surface area contributed by atoms with E-state index in [1.807, 2.05) is 0 Å². The van der Waals surface area contributed by atoms with E-state index in [0.717, 1.165) is 25.0 Å². The van der Waals surface area contributed by atoms with Gasteiger partial charge in [0.05, 0.1) is 23.0 Å². The number of halogens is 1. The van der Waals surface area contributed by atoms with Crippen LogP contribution in [0.3, 0.4) is 0 Å². The highest BCUT2D eigenvalue weighted by Crippen LogP contribution is 2.33. The van der Waals surface area contributed by atoms with E-state index in [9.17, 15) is 14.3 Å². The van der Waals surface area contributed by atoms with Crippen molar-refractivity contribution >= 4 is 17.3 Å². The van der Waals surface area contributed by atoms with Crippen LogP contribution >= 0.6 is 0 Å². The Kier molecular flexibility index (Phi) is 3.38. The van der Waals surface area contributed by atoms with Crippen molar-refractivity contribution in [3.63, 3.8) is 0 Å². The number of hydrogen-bond acceptors (Lipinski definition) is 4. The van der Waals surface area contributed by atoms with E-state index in [0.29, 0.717) is 11.6 Å². The van der Waals surface area contributed by atoms with Crippen molar-refractivity contribution in [2.45, 2.75) is 18.9 Å². The second kappa shape index (κ2) is 4.81. The van der Waals surface area contributed by atoms with Crippen LogP contribution in [0.1, 0.15) is 23.2 Å². The minimum Gasteiger partial charge on any atom is -0.478 e. The van der Waals surface area contributed by atoms with Crippen LogP contribution in [0.25, 0.3) is 0 Å². The predicted octanol–water partition coefficient (Wildman–Crippen LogP) is 1.29. The molecule has 18 heavy (non-hydrogen) atoms. The molecule has 98 valence electrons. The molecule has 0 saturated heterocycles. The Hall–Kier alpha value is -1.82. The lowest BCUT2D eigenvalue weighted by Gasteiger charge is -2.14. The van der Waals surface area contributed by atoms with Gasteiger partial charge in [-0.15, -0.1) is 0 Å². The molecule has 5 N–H and O–H groups in total. The van der Waals surface area contributed by atoms with Gasteiger partial charge < -0.3 is 21.3 Å². The summed E-state index contributed by atoms with van der Waals surface area (Å²) in [7, 11) is 0. The third kappa shape index (κ3) is 2.70. The second-order valence-electron chi connectivity index (χ2n) is 4.51. The van der Waals surface area contributed by atoms with E-state index in [1.54, 1.807) is 0 Å². The van der Waals surface area contributed by atoms with Crippen LogP contribution in [0.5, 0.6) is 0 Å².